The maximum absolute atomic E-state index is 11.6. The predicted molar refractivity (Wildman–Crippen MR) is 99.0 cm³/mol. The van der Waals surface area contributed by atoms with Crippen LogP contribution in [0.5, 0.6) is 5.75 Å². The van der Waals surface area contributed by atoms with Gasteiger partial charge in [0.15, 0.2) is 5.78 Å². The number of carbonyl (C=O) groups is 1. The van der Waals surface area contributed by atoms with Crippen molar-refractivity contribution >= 4 is 16.7 Å². The second-order valence-corrected chi connectivity index (χ2v) is 6.66. The number of hydrogen-bond acceptors (Lipinski definition) is 4. The number of rotatable bonds is 4. The quantitative estimate of drug-likeness (QED) is 0.721. The van der Waals surface area contributed by atoms with Gasteiger partial charge in [-0.3, -0.25) is 9.78 Å². The van der Waals surface area contributed by atoms with Crippen molar-refractivity contribution in [2.45, 2.75) is 26.4 Å². The Morgan fingerprint density at radius 1 is 1.12 bits per heavy atom. The van der Waals surface area contributed by atoms with Gasteiger partial charge in [0.2, 0.25) is 0 Å². The second-order valence-electron chi connectivity index (χ2n) is 6.66. The van der Waals surface area contributed by atoms with Gasteiger partial charge in [0, 0.05) is 22.7 Å². The zero-order valence-electron chi connectivity index (χ0n) is 14.8. The van der Waals surface area contributed by atoms with Crippen LogP contribution in [0.2, 0.25) is 0 Å². The molecule has 3 aromatic rings. The van der Waals surface area contributed by atoms with Crippen LogP contribution in [0.15, 0.2) is 48.7 Å². The molecule has 0 amide bonds. The number of aromatic nitrogens is 1. The normalized spacial score (nSPS) is 11.6. The summed E-state index contributed by atoms with van der Waals surface area (Å²) in [6.07, 6.45) is 1.60. The number of carbonyl (C=O) groups excluding carboxylic acids is 1. The van der Waals surface area contributed by atoms with Crippen molar-refractivity contribution in [2.24, 2.45) is 0 Å². The molecule has 0 radical (unpaired) electrons. The lowest BCUT2D eigenvalue weighted by atomic mass is 9.94. The first-order chi connectivity index (χ1) is 11.8. The van der Waals surface area contributed by atoms with Gasteiger partial charge in [-0.1, -0.05) is 24.3 Å². The highest BCUT2D eigenvalue weighted by molar-refractivity contribution is 6.01. The third-order valence-corrected chi connectivity index (χ3v) is 4.30. The average molecular weight is 335 g/mol. The molecule has 0 fully saturated rings. The lowest BCUT2D eigenvalue weighted by molar-refractivity contribution is 0.0786. The van der Waals surface area contributed by atoms with Gasteiger partial charge in [0.25, 0.3) is 0 Å². The summed E-state index contributed by atoms with van der Waals surface area (Å²) >= 11 is 0. The van der Waals surface area contributed by atoms with Crippen LogP contribution in [0, 0.1) is 0 Å². The summed E-state index contributed by atoms with van der Waals surface area (Å²) in [4.78, 5) is 16.1. The number of benzene rings is 2. The molecule has 1 heterocycles. The monoisotopic (exact) mass is 335 g/mol. The van der Waals surface area contributed by atoms with Crippen LogP contribution in [0.4, 0.5) is 0 Å². The molecule has 25 heavy (non-hydrogen) atoms. The van der Waals surface area contributed by atoms with Crippen LogP contribution in [-0.2, 0) is 5.60 Å². The Morgan fingerprint density at radius 3 is 2.36 bits per heavy atom. The Hall–Kier alpha value is -2.72. The van der Waals surface area contributed by atoms with Gasteiger partial charge in [-0.05, 0) is 50.1 Å². The van der Waals surface area contributed by atoms with Gasteiger partial charge in [0.1, 0.15) is 5.75 Å². The maximum Gasteiger partial charge on any atom is 0.161 e. The minimum Gasteiger partial charge on any atom is -0.497 e. The number of methoxy groups -OCH3 is 1. The van der Waals surface area contributed by atoms with Crippen molar-refractivity contribution in [1.82, 2.24) is 4.98 Å². The summed E-state index contributed by atoms with van der Waals surface area (Å²) in [6, 6.07) is 13.4. The smallest absolute Gasteiger partial charge is 0.161 e. The van der Waals surface area contributed by atoms with Crippen molar-refractivity contribution in [2.75, 3.05) is 7.11 Å². The van der Waals surface area contributed by atoms with Gasteiger partial charge in [-0.15, -0.1) is 0 Å². The zero-order chi connectivity index (χ0) is 18.2. The summed E-state index contributed by atoms with van der Waals surface area (Å²) in [7, 11) is 1.62. The number of hydrogen-bond donors (Lipinski definition) is 1. The molecule has 128 valence electrons. The molecule has 1 aromatic heterocycles. The summed E-state index contributed by atoms with van der Waals surface area (Å²) < 4.78 is 5.41. The summed E-state index contributed by atoms with van der Waals surface area (Å²) in [5, 5.41) is 11.0. The molecule has 2 aromatic carbocycles. The van der Waals surface area contributed by atoms with Crippen LogP contribution in [0.3, 0.4) is 0 Å². The molecular formula is C21H21NO3. The Kier molecular flexibility index (Phi) is 4.31. The van der Waals surface area contributed by atoms with E-state index in [0.717, 1.165) is 27.6 Å². The molecule has 0 unspecified atom stereocenters. The van der Waals surface area contributed by atoms with Crippen molar-refractivity contribution < 1.29 is 14.6 Å². The van der Waals surface area contributed by atoms with Crippen molar-refractivity contribution in [1.29, 1.82) is 0 Å². The second kappa shape index (κ2) is 6.30. The van der Waals surface area contributed by atoms with Gasteiger partial charge in [0.05, 0.1) is 18.2 Å². The Balaban J connectivity index is 2.19. The van der Waals surface area contributed by atoms with E-state index in [1.54, 1.807) is 27.2 Å². The largest absolute Gasteiger partial charge is 0.497 e. The highest BCUT2D eigenvalue weighted by Crippen LogP contribution is 2.33. The molecule has 0 saturated carbocycles. The van der Waals surface area contributed by atoms with Gasteiger partial charge >= 0.3 is 0 Å². The van der Waals surface area contributed by atoms with Crippen LogP contribution >= 0.6 is 0 Å². The molecule has 0 aliphatic rings. The molecule has 4 nitrogen and oxygen atoms in total. The molecular weight excluding hydrogens is 314 g/mol. The predicted octanol–water partition coefficient (Wildman–Crippen LogP) is 4.34. The van der Waals surface area contributed by atoms with E-state index < -0.39 is 5.60 Å². The van der Waals surface area contributed by atoms with Crippen LogP contribution in [0.1, 0.15) is 36.7 Å². The first-order valence-corrected chi connectivity index (χ1v) is 8.11. The van der Waals surface area contributed by atoms with Gasteiger partial charge < -0.3 is 9.84 Å². The van der Waals surface area contributed by atoms with Crippen LogP contribution in [0.25, 0.3) is 22.0 Å². The van der Waals surface area contributed by atoms with E-state index in [1.807, 2.05) is 42.5 Å². The summed E-state index contributed by atoms with van der Waals surface area (Å²) in [5.41, 5.74) is 3.23. The molecule has 0 bridgehead atoms. The summed E-state index contributed by atoms with van der Waals surface area (Å²) in [6.45, 7) is 5.04. The van der Waals surface area contributed by atoms with E-state index in [0.29, 0.717) is 11.3 Å². The molecule has 0 saturated heterocycles. The number of ether oxygens (including phenoxy) is 1. The lowest BCUT2D eigenvalue weighted by Crippen LogP contribution is -2.14. The highest BCUT2D eigenvalue weighted by atomic mass is 16.5. The van der Waals surface area contributed by atoms with E-state index in [4.69, 9.17) is 4.74 Å². The number of Topliss-reactive ketones (excluding diaryl/α,β-unsaturated/α-hetero) is 1. The molecule has 0 spiro atoms. The van der Waals surface area contributed by atoms with Crippen LogP contribution < -0.4 is 4.74 Å². The standard InChI is InChI=1S/C21H21NO3/c1-13(23)16-9-15-10-18(25-4)11-19(20(15)22-12-16)14-5-7-17(8-6-14)21(2,3)24/h5-12,24H,1-4H3. The van der Waals surface area contributed by atoms with E-state index in [9.17, 15) is 9.90 Å². The Morgan fingerprint density at radius 2 is 1.80 bits per heavy atom. The van der Waals surface area contributed by atoms with E-state index in [1.165, 1.54) is 6.92 Å². The molecule has 3 rings (SSSR count). The molecule has 0 aliphatic heterocycles. The lowest BCUT2D eigenvalue weighted by Gasteiger charge is -2.18. The fraction of sp³-hybridized carbons (Fsp3) is 0.238. The molecule has 4 heteroatoms. The SMILES string of the molecule is COc1cc(-c2ccc(C(C)(C)O)cc2)c2ncc(C(C)=O)cc2c1. The van der Waals surface area contributed by atoms with Crippen molar-refractivity contribution in [3.05, 3.63) is 59.8 Å². The molecule has 0 atom stereocenters. The first kappa shape index (κ1) is 17.1. The molecule has 0 aliphatic carbocycles. The third kappa shape index (κ3) is 3.39. The summed E-state index contributed by atoms with van der Waals surface area (Å²) in [5.74, 6) is 0.685. The number of pyridine rings is 1. The maximum atomic E-state index is 11.6. The van der Waals surface area contributed by atoms with Gasteiger partial charge in [-0.25, -0.2) is 0 Å². The number of nitrogens with zero attached hydrogens (tertiary/aromatic N) is 1. The van der Waals surface area contributed by atoms with E-state index in [2.05, 4.69) is 4.98 Å². The fourth-order valence-electron chi connectivity index (χ4n) is 2.81. The number of ketones is 1. The Labute approximate surface area is 147 Å². The highest BCUT2D eigenvalue weighted by Gasteiger charge is 2.16. The first-order valence-electron chi connectivity index (χ1n) is 8.11. The fourth-order valence-corrected chi connectivity index (χ4v) is 2.81. The zero-order valence-corrected chi connectivity index (χ0v) is 14.8. The molecule has 1 N–H and O–H groups in total. The van der Waals surface area contributed by atoms with Crippen molar-refractivity contribution in [3.8, 4) is 16.9 Å². The van der Waals surface area contributed by atoms with E-state index in [-0.39, 0.29) is 5.78 Å². The number of aliphatic hydroxyl groups is 1. The van der Waals surface area contributed by atoms with Crippen LogP contribution in [-0.4, -0.2) is 23.0 Å². The number of fused-ring (bicyclic) bond motifs is 1. The minimum absolute atomic E-state index is 0.0201. The Bertz CT molecular complexity index is 938. The topological polar surface area (TPSA) is 59.4 Å². The van der Waals surface area contributed by atoms with Crippen molar-refractivity contribution in [3.63, 3.8) is 0 Å². The third-order valence-electron chi connectivity index (χ3n) is 4.30. The van der Waals surface area contributed by atoms with E-state index >= 15 is 0 Å². The van der Waals surface area contributed by atoms with Gasteiger partial charge in [-0.2, -0.15) is 0 Å². The average Bonchev–Trinajstić information content (AvgIpc) is 2.59. The minimum atomic E-state index is -0.885.